The minimum absolute atomic E-state index is 0.0173. The summed E-state index contributed by atoms with van der Waals surface area (Å²) >= 11 is 0. The molecule has 0 spiro atoms. The van der Waals surface area contributed by atoms with Gasteiger partial charge in [-0.3, -0.25) is 9.78 Å². The summed E-state index contributed by atoms with van der Waals surface area (Å²) in [5.74, 6) is -1.43. The van der Waals surface area contributed by atoms with Gasteiger partial charge in [0.1, 0.15) is 11.6 Å². The number of piperidine rings is 1. The molecule has 196 valence electrons. The van der Waals surface area contributed by atoms with E-state index in [1.54, 1.807) is 4.90 Å². The van der Waals surface area contributed by atoms with Crippen LogP contribution in [0.5, 0.6) is 0 Å². The van der Waals surface area contributed by atoms with Gasteiger partial charge in [-0.2, -0.15) is 0 Å². The van der Waals surface area contributed by atoms with E-state index in [-0.39, 0.29) is 23.6 Å². The van der Waals surface area contributed by atoms with E-state index >= 15 is 0 Å². The number of pyridine rings is 1. The largest absolute Gasteiger partial charge is 0.368 e. The maximum Gasteiger partial charge on any atom is 0.321 e. The minimum Gasteiger partial charge on any atom is -0.368 e. The lowest BCUT2D eigenvalue weighted by molar-refractivity contribution is -0.122. The minimum atomic E-state index is -0.753. The Balaban J connectivity index is 1.13. The van der Waals surface area contributed by atoms with Crippen molar-refractivity contribution in [2.75, 3.05) is 18.4 Å². The summed E-state index contributed by atoms with van der Waals surface area (Å²) in [7, 11) is 0. The van der Waals surface area contributed by atoms with Gasteiger partial charge in [0.25, 0.3) is 0 Å². The number of hydrogen-bond donors (Lipinski definition) is 4. The van der Waals surface area contributed by atoms with Crippen LogP contribution in [-0.4, -0.2) is 52.0 Å². The Hall–Kier alpha value is -3.53. The average Bonchev–Trinajstić information content (AvgIpc) is 3.31. The number of likely N-dealkylation sites (tertiary alicyclic amines) is 1. The smallest absolute Gasteiger partial charge is 0.321 e. The lowest BCUT2D eigenvalue weighted by Crippen LogP contribution is -2.54. The van der Waals surface area contributed by atoms with E-state index in [9.17, 15) is 18.4 Å². The molecule has 1 unspecified atom stereocenters. The fraction of sp³-hybridized carbons (Fsp3) is 0.444. The highest BCUT2D eigenvalue weighted by Gasteiger charge is 2.34. The van der Waals surface area contributed by atoms with Gasteiger partial charge in [-0.15, -0.1) is 0 Å². The van der Waals surface area contributed by atoms with E-state index in [1.807, 2.05) is 18.3 Å². The van der Waals surface area contributed by atoms with Crippen LogP contribution in [0, 0.1) is 17.6 Å². The number of aromatic nitrogens is 2. The van der Waals surface area contributed by atoms with Gasteiger partial charge in [0.05, 0.1) is 17.1 Å². The number of fused-ring (bicyclic) bond motifs is 1. The lowest BCUT2D eigenvalue weighted by atomic mass is 9.81. The number of H-pyrrole nitrogens is 1. The van der Waals surface area contributed by atoms with Gasteiger partial charge in [-0.25, -0.2) is 13.6 Å². The van der Waals surface area contributed by atoms with Crippen molar-refractivity contribution in [2.24, 2.45) is 11.7 Å². The number of urea groups is 1. The van der Waals surface area contributed by atoms with Gasteiger partial charge in [0, 0.05) is 43.3 Å². The number of amides is 3. The van der Waals surface area contributed by atoms with Gasteiger partial charge in [-0.1, -0.05) is 0 Å². The third-order valence-electron chi connectivity index (χ3n) is 7.77. The predicted octanol–water partition coefficient (Wildman–Crippen LogP) is 4.25. The average molecular weight is 511 g/mol. The van der Waals surface area contributed by atoms with Crippen LogP contribution in [0.15, 0.2) is 42.7 Å². The molecule has 1 aliphatic heterocycles. The van der Waals surface area contributed by atoms with Crippen LogP contribution in [-0.2, 0) is 4.79 Å². The Morgan fingerprint density at radius 1 is 1.05 bits per heavy atom. The summed E-state index contributed by atoms with van der Waals surface area (Å²) in [5, 5.41) is 6.07. The summed E-state index contributed by atoms with van der Waals surface area (Å²) in [6, 6.07) is 6.19. The number of aromatic amines is 1. The van der Waals surface area contributed by atoms with Gasteiger partial charge in [0.2, 0.25) is 5.91 Å². The van der Waals surface area contributed by atoms with Crippen molar-refractivity contribution >= 4 is 28.7 Å². The molecular weight excluding hydrogens is 478 g/mol. The third-order valence-corrected chi connectivity index (χ3v) is 7.77. The van der Waals surface area contributed by atoms with Crippen molar-refractivity contribution in [3.8, 4) is 0 Å². The molecule has 3 aromatic rings. The number of nitrogens with zero attached hydrogens (tertiary/aromatic N) is 2. The number of benzene rings is 1. The fourth-order valence-electron chi connectivity index (χ4n) is 5.83. The number of rotatable bonds is 6. The lowest BCUT2D eigenvalue weighted by Gasteiger charge is -2.38. The standard InChI is InChI=1S/C27H32F2N6O2/c28-18-12-19(29)14-21(13-18)34-27(37)35-10-7-17(8-11-35)24(26(30)36)33-20-5-3-16(4-6-20)22-15-32-23-2-1-9-31-25(22)23/h1-2,9,12-17,20,24,32-33H,3-8,10-11H2,(H2,30,36)(H,34,37). The predicted molar refractivity (Wildman–Crippen MR) is 137 cm³/mol. The quantitative estimate of drug-likeness (QED) is 0.397. The Morgan fingerprint density at radius 2 is 1.76 bits per heavy atom. The summed E-state index contributed by atoms with van der Waals surface area (Å²) in [5.41, 5.74) is 9.21. The van der Waals surface area contributed by atoms with Crippen molar-refractivity contribution < 1.29 is 18.4 Å². The van der Waals surface area contributed by atoms with Crippen molar-refractivity contribution in [1.82, 2.24) is 20.2 Å². The molecule has 5 N–H and O–H groups in total. The summed E-state index contributed by atoms with van der Waals surface area (Å²) < 4.78 is 26.8. The zero-order valence-corrected chi connectivity index (χ0v) is 20.6. The number of carbonyl (C=O) groups is 2. The molecule has 2 fully saturated rings. The van der Waals surface area contributed by atoms with Gasteiger partial charge >= 0.3 is 6.03 Å². The molecule has 1 aromatic carbocycles. The molecule has 5 rings (SSSR count). The van der Waals surface area contributed by atoms with Crippen LogP contribution in [0.2, 0.25) is 0 Å². The van der Waals surface area contributed by atoms with Gasteiger partial charge in [-0.05, 0) is 80.2 Å². The third kappa shape index (κ3) is 5.74. The Bertz CT molecular complexity index is 1240. The first kappa shape index (κ1) is 25.1. The molecule has 1 saturated heterocycles. The normalized spacial score (nSPS) is 21.6. The highest BCUT2D eigenvalue weighted by molar-refractivity contribution is 5.89. The topological polar surface area (TPSA) is 116 Å². The van der Waals surface area contributed by atoms with Crippen molar-refractivity contribution in [2.45, 2.75) is 56.5 Å². The fourth-order valence-corrected chi connectivity index (χ4v) is 5.83. The maximum atomic E-state index is 13.4. The monoisotopic (exact) mass is 510 g/mol. The maximum absolute atomic E-state index is 13.4. The number of carbonyl (C=O) groups excluding carboxylic acids is 2. The highest BCUT2D eigenvalue weighted by Crippen LogP contribution is 2.36. The first-order valence-electron chi connectivity index (χ1n) is 12.9. The second-order valence-electron chi connectivity index (χ2n) is 10.2. The molecule has 0 radical (unpaired) electrons. The number of nitrogens with two attached hydrogens (primary N) is 1. The van der Waals surface area contributed by atoms with Crippen molar-refractivity contribution in [3.63, 3.8) is 0 Å². The summed E-state index contributed by atoms with van der Waals surface area (Å²) in [6.45, 7) is 0.861. The first-order valence-corrected chi connectivity index (χ1v) is 12.9. The van der Waals surface area contributed by atoms with E-state index in [0.29, 0.717) is 31.8 Å². The number of nitrogens with one attached hydrogen (secondary N) is 3. The molecule has 3 amide bonds. The molecule has 2 aliphatic rings. The molecule has 8 nitrogen and oxygen atoms in total. The van der Waals surface area contributed by atoms with Crippen LogP contribution < -0.4 is 16.4 Å². The molecule has 1 atom stereocenters. The van der Waals surface area contributed by atoms with E-state index in [1.165, 1.54) is 5.56 Å². The number of hydrogen-bond acceptors (Lipinski definition) is 4. The van der Waals surface area contributed by atoms with E-state index in [2.05, 4.69) is 26.8 Å². The van der Waals surface area contributed by atoms with Crippen LogP contribution in [0.4, 0.5) is 19.3 Å². The van der Waals surface area contributed by atoms with Gasteiger partial charge in [0.15, 0.2) is 0 Å². The van der Waals surface area contributed by atoms with Crippen LogP contribution >= 0.6 is 0 Å². The van der Waals surface area contributed by atoms with Crippen molar-refractivity contribution in [1.29, 1.82) is 0 Å². The SMILES string of the molecule is NC(=O)C(NC1CCC(c2c[nH]c3cccnc23)CC1)C1CCN(C(=O)Nc2cc(F)cc(F)c2)CC1. The Labute approximate surface area is 214 Å². The van der Waals surface area contributed by atoms with Crippen LogP contribution in [0.25, 0.3) is 11.0 Å². The molecule has 1 aliphatic carbocycles. The second kappa shape index (κ2) is 10.8. The number of primary amides is 1. The van der Waals surface area contributed by atoms with Gasteiger partial charge < -0.3 is 26.3 Å². The summed E-state index contributed by atoms with van der Waals surface area (Å²) in [4.78, 5) is 34.4. The summed E-state index contributed by atoms with van der Waals surface area (Å²) in [6.07, 6.45) is 9.01. The number of anilines is 1. The zero-order valence-electron chi connectivity index (χ0n) is 20.6. The molecule has 0 bridgehead atoms. The molecule has 37 heavy (non-hydrogen) atoms. The first-order chi connectivity index (χ1) is 17.9. The van der Waals surface area contributed by atoms with E-state index < -0.39 is 23.7 Å². The highest BCUT2D eigenvalue weighted by atomic mass is 19.1. The zero-order chi connectivity index (χ0) is 25.9. The van der Waals surface area contributed by atoms with Crippen LogP contribution in [0.1, 0.15) is 50.0 Å². The molecule has 10 heteroatoms. The van der Waals surface area contributed by atoms with E-state index in [0.717, 1.165) is 54.9 Å². The second-order valence-corrected chi connectivity index (χ2v) is 10.2. The Morgan fingerprint density at radius 3 is 2.43 bits per heavy atom. The van der Waals surface area contributed by atoms with Crippen molar-refractivity contribution in [3.05, 3.63) is 59.9 Å². The van der Waals surface area contributed by atoms with Crippen LogP contribution in [0.3, 0.4) is 0 Å². The van der Waals surface area contributed by atoms with E-state index in [4.69, 9.17) is 5.73 Å². The molecule has 1 saturated carbocycles. The Kier molecular flexibility index (Phi) is 7.36. The number of halogens is 2. The molecule has 3 heterocycles. The molecular formula is C27H32F2N6O2. The molecule has 2 aromatic heterocycles.